The van der Waals surface area contributed by atoms with E-state index in [4.69, 9.17) is 10.5 Å². The summed E-state index contributed by atoms with van der Waals surface area (Å²) >= 11 is 0. The first-order chi connectivity index (χ1) is 17.0. The Bertz CT molecular complexity index is 1360. The molecule has 0 unspecified atom stereocenters. The molecule has 0 spiro atoms. The third kappa shape index (κ3) is 5.42. The van der Waals surface area contributed by atoms with Gasteiger partial charge >= 0.3 is 6.18 Å². The fourth-order valence-electron chi connectivity index (χ4n) is 3.59. The van der Waals surface area contributed by atoms with Gasteiger partial charge in [-0.05, 0) is 24.3 Å². The van der Waals surface area contributed by atoms with Crippen LogP contribution < -0.4 is 26.2 Å². The number of halogens is 4. The number of amides is 2. The molecule has 1 aliphatic heterocycles. The van der Waals surface area contributed by atoms with E-state index in [1.165, 1.54) is 30.7 Å². The third-order valence-electron chi connectivity index (χ3n) is 5.23. The Morgan fingerprint density at radius 2 is 1.92 bits per heavy atom. The third-order valence-corrected chi connectivity index (χ3v) is 5.23. The van der Waals surface area contributed by atoms with Gasteiger partial charge in [0.1, 0.15) is 29.8 Å². The van der Waals surface area contributed by atoms with Crippen LogP contribution in [0.4, 0.5) is 28.9 Å². The second-order valence-corrected chi connectivity index (χ2v) is 7.88. The Hall–Kier alpha value is -4.49. The molecule has 36 heavy (non-hydrogen) atoms. The number of carbonyl (C=O) groups is 2. The van der Waals surface area contributed by atoms with Crippen molar-refractivity contribution >= 4 is 23.2 Å². The smallest absolute Gasteiger partial charge is 0.416 e. The van der Waals surface area contributed by atoms with Crippen LogP contribution in [0, 0.1) is 5.82 Å². The van der Waals surface area contributed by atoms with E-state index < -0.39 is 47.6 Å². The zero-order valence-corrected chi connectivity index (χ0v) is 18.3. The number of alkyl halides is 3. The Kier molecular flexibility index (Phi) is 6.59. The van der Waals surface area contributed by atoms with Crippen LogP contribution >= 0.6 is 0 Å². The maximum Gasteiger partial charge on any atom is 0.416 e. The second-order valence-electron chi connectivity index (χ2n) is 7.88. The normalized spacial score (nSPS) is 13.7. The minimum absolute atomic E-state index is 0.0915. The second kappa shape index (κ2) is 9.64. The summed E-state index contributed by atoms with van der Waals surface area (Å²) in [6, 6.07) is 4.79. The lowest BCUT2D eigenvalue weighted by Crippen LogP contribution is -2.55. The summed E-state index contributed by atoms with van der Waals surface area (Å²) in [5.74, 6) is -2.97. The van der Waals surface area contributed by atoms with Crippen molar-refractivity contribution in [2.24, 2.45) is 5.73 Å². The number of aromatic nitrogens is 3. The average molecular weight is 506 g/mol. The highest BCUT2D eigenvalue weighted by atomic mass is 19.4. The summed E-state index contributed by atoms with van der Waals surface area (Å²) in [6.07, 6.45) is -1.48. The topological polar surface area (TPSA) is 132 Å². The molecule has 0 bridgehead atoms. The molecule has 1 saturated heterocycles. The van der Waals surface area contributed by atoms with Crippen LogP contribution in [-0.2, 0) is 17.5 Å². The van der Waals surface area contributed by atoms with Crippen LogP contribution in [0.25, 0.3) is 0 Å². The van der Waals surface area contributed by atoms with E-state index in [1.807, 2.05) is 0 Å². The number of nitrogens with zero attached hydrogens (tertiary/aromatic N) is 4. The number of ether oxygens (including phenoxy) is 1. The highest BCUT2D eigenvalue weighted by molar-refractivity contribution is 6.08. The summed E-state index contributed by atoms with van der Waals surface area (Å²) in [5.41, 5.74) is 3.39. The molecule has 1 fully saturated rings. The number of benzene rings is 1. The number of pyridine rings is 1. The van der Waals surface area contributed by atoms with Gasteiger partial charge in [0.2, 0.25) is 5.91 Å². The van der Waals surface area contributed by atoms with E-state index in [2.05, 4.69) is 15.5 Å². The summed E-state index contributed by atoms with van der Waals surface area (Å²) in [7, 11) is 0. The number of nitrogens with two attached hydrogens (primary N) is 1. The molecule has 0 aliphatic carbocycles. The van der Waals surface area contributed by atoms with Crippen molar-refractivity contribution in [2.75, 3.05) is 23.3 Å². The maximum absolute atomic E-state index is 13.7. The molecule has 188 valence electrons. The SMILES string of the molecule is NC(=O)Cn1ccc(N2CC(Oc3cc(F)cc(C(F)(F)F)c3)C2)c(C(=O)Nc2ccnnc2)c1=O. The van der Waals surface area contributed by atoms with Crippen LogP contribution in [0.2, 0.25) is 0 Å². The van der Waals surface area contributed by atoms with Crippen molar-refractivity contribution in [3.63, 3.8) is 0 Å². The molecular weight excluding hydrogens is 488 g/mol. The van der Waals surface area contributed by atoms with Gasteiger partial charge in [-0.25, -0.2) is 4.39 Å². The lowest BCUT2D eigenvalue weighted by molar-refractivity contribution is -0.138. The van der Waals surface area contributed by atoms with Gasteiger partial charge in [0.25, 0.3) is 11.5 Å². The van der Waals surface area contributed by atoms with Gasteiger partial charge in [0.15, 0.2) is 0 Å². The molecule has 0 saturated carbocycles. The van der Waals surface area contributed by atoms with Crippen LogP contribution in [0.1, 0.15) is 15.9 Å². The average Bonchev–Trinajstić information content (AvgIpc) is 2.77. The lowest BCUT2D eigenvalue weighted by Gasteiger charge is -2.41. The fourth-order valence-corrected chi connectivity index (χ4v) is 3.59. The van der Waals surface area contributed by atoms with Gasteiger partial charge in [-0.2, -0.15) is 23.4 Å². The Morgan fingerprint density at radius 1 is 1.17 bits per heavy atom. The standard InChI is InChI=1S/C22H18F4N6O4/c23-13-5-12(22(24,25)26)6-15(7-13)36-16-9-32(10-16)17-2-4-31(11-18(27)33)21(35)19(17)20(34)30-14-1-3-28-29-8-14/h1-8,16H,9-11H2,(H2,27,33)(H,28,30,34). The largest absolute Gasteiger partial charge is 0.487 e. The molecule has 4 rings (SSSR count). The highest BCUT2D eigenvalue weighted by Gasteiger charge is 2.35. The first-order valence-electron chi connectivity index (χ1n) is 10.4. The molecule has 3 N–H and O–H groups in total. The molecule has 1 aliphatic rings. The van der Waals surface area contributed by atoms with Crippen LogP contribution in [-0.4, -0.2) is 45.8 Å². The molecule has 14 heteroatoms. The quantitative estimate of drug-likeness (QED) is 0.467. The van der Waals surface area contributed by atoms with E-state index in [0.717, 1.165) is 10.6 Å². The van der Waals surface area contributed by atoms with Crippen molar-refractivity contribution in [1.82, 2.24) is 14.8 Å². The van der Waals surface area contributed by atoms with Crippen LogP contribution in [0.3, 0.4) is 0 Å². The number of nitrogens with one attached hydrogen (secondary N) is 1. The highest BCUT2D eigenvalue weighted by Crippen LogP contribution is 2.33. The van der Waals surface area contributed by atoms with Crippen molar-refractivity contribution in [3.05, 3.63) is 76.2 Å². The van der Waals surface area contributed by atoms with E-state index in [9.17, 15) is 31.9 Å². The number of hydrogen-bond acceptors (Lipinski definition) is 7. The molecule has 10 nitrogen and oxygen atoms in total. The fraction of sp³-hybridized carbons (Fsp3) is 0.227. The van der Waals surface area contributed by atoms with E-state index >= 15 is 0 Å². The van der Waals surface area contributed by atoms with Crippen molar-refractivity contribution in [1.29, 1.82) is 0 Å². The summed E-state index contributed by atoms with van der Waals surface area (Å²) in [4.78, 5) is 38.9. The molecule has 2 amide bonds. The van der Waals surface area contributed by atoms with Gasteiger partial charge in [-0.15, -0.1) is 0 Å². The number of hydrogen-bond donors (Lipinski definition) is 2. The van der Waals surface area contributed by atoms with Crippen molar-refractivity contribution < 1.29 is 31.9 Å². The zero-order valence-electron chi connectivity index (χ0n) is 18.3. The molecule has 1 aromatic carbocycles. The summed E-state index contributed by atoms with van der Waals surface area (Å²) in [5, 5.41) is 9.76. The molecule has 0 radical (unpaired) electrons. The lowest BCUT2D eigenvalue weighted by atomic mass is 10.1. The monoisotopic (exact) mass is 506 g/mol. The number of primary amides is 1. The van der Waals surface area contributed by atoms with Gasteiger partial charge in [0, 0.05) is 12.3 Å². The predicted octanol–water partition coefficient (Wildman–Crippen LogP) is 1.80. The van der Waals surface area contributed by atoms with E-state index in [1.54, 1.807) is 4.90 Å². The summed E-state index contributed by atoms with van der Waals surface area (Å²) < 4.78 is 59.0. The summed E-state index contributed by atoms with van der Waals surface area (Å²) in [6.45, 7) is -0.272. The van der Waals surface area contributed by atoms with Crippen LogP contribution in [0.5, 0.6) is 5.75 Å². The van der Waals surface area contributed by atoms with Crippen molar-refractivity contribution in [2.45, 2.75) is 18.8 Å². The predicted molar refractivity (Wildman–Crippen MR) is 118 cm³/mol. The van der Waals surface area contributed by atoms with Gasteiger partial charge in [-0.1, -0.05) is 0 Å². The van der Waals surface area contributed by atoms with E-state index in [0.29, 0.717) is 12.1 Å². The molecule has 0 atom stereocenters. The van der Waals surface area contributed by atoms with Gasteiger partial charge < -0.3 is 25.3 Å². The van der Waals surface area contributed by atoms with Gasteiger partial charge in [-0.3, -0.25) is 14.4 Å². The minimum atomic E-state index is -4.74. The molecule has 3 aromatic rings. The first kappa shape index (κ1) is 24.6. The Labute approximate surface area is 200 Å². The van der Waals surface area contributed by atoms with Gasteiger partial charge in [0.05, 0.1) is 42.4 Å². The molecule has 2 aromatic heterocycles. The maximum atomic E-state index is 13.7. The first-order valence-corrected chi connectivity index (χ1v) is 10.4. The number of anilines is 2. The molecule has 3 heterocycles. The zero-order chi connectivity index (χ0) is 26.0. The van der Waals surface area contributed by atoms with E-state index in [-0.39, 0.29) is 35.8 Å². The van der Waals surface area contributed by atoms with Crippen LogP contribution in [0.15, 0.2) is 53.7 Å². The number of rotatable bonds is 7. The molecular formula is C22H18F4N6O4. The Balaban J connectivity index is 1.56. The van der Waals surface area contributed by atoms with Crippen molar-refractivity contribution in [3.8, 4) is 5.75 Å². The Morgan fingerprint density at radius 3 is 2.56 bits per heavy atom. The number of carbonyl (C=O) groups excluding carboxylic acids is 2. The minimum Gasteiger partial charge on any atom is -0.487 e.